The average Bonchev–Trinajstić information content (AvgIpc) is 2.72. The maximum atomic E-state index is 12.9. The Morgan fingerprint density at radius 1 is 1.23 bits per heavy atom. The molecule has 1 aromatic carbocycles. The number of benzene rings is 1. The van der Waals surface area contributed by atoms with Gasteiger partial charge in [-0.05, 0) is 56.0 Å². The number of sulfonamides is 1. The summed E-state index contributed by atoms with van der Waals surface area (Å²) in [4.78, 5) is 32.1. The summed E-state index contributed by atoms with van der Waals surface area (Å²) in [5.74, 6) is 0.187. The smallest absolute Gasteiger partial charge is 0.263 e. The SMILES string of the molecule is Cc1cccc(NS(=O)(=O)c2ccc3c(c2)NC(=O)C(C(=O)N2CCC(C)CC2)S3)n1. The maximum Gasteiger partial charge on any atom is 0.263 e. The Bertz CT molecular complexity index is 1130. The highest BCUT2D eigenvalue weighted by Gasteiger charge is 2.37. The topological polar surface area (TPSA) is 108 Å². The van der Waals surface area contributed by atoms with Gasteiger partial charge in [0.25, 0.3) is 10.0 Å². The van der Waals surface area contributed by atoms with Crippen LogP contribution in [0.1, 0.15) is 25.5 Å². The molecule has 8 nitrogen and oxygen atoms in total. The summed E-state index contributed by atoms with van der Waals surface area (Å²) >= 11 is 1.16. The molecule has 1 unspecified atom stereocenters. The van der Waals surface area contributed by atoms with E-state index < -0.39 is 21.2 Å². The van der Waals surface area contributed by atoms with Crippen LogP contribution in [-0.2, 0) is 19.6 Å². The Labute approximate surface area is 185 Å². The van der Waals surface area contributed by atoms with Gasteiger partial charge in [-0.3, -0.25) is 14.3 Å². The minimum Gasteiger partial charge on any atom is -0.341 e. The molecule has 0 radical (unpaired) electrons. The minimum atomic E-state index is -3.88. The van der Waals surface area contributed by atoms with Crippen molar-refractivity contribution in [1.82, 2.24) is 9.88 Å². The molecule has 0 aliphatic carbocycles. The minimum absolute atomic E-state index is 0.00486. The molecule has 1 fully saturated rings. The number of likely N-dealkylation sites (tertiary alicyclic amines) is 1. The number of hydrogen-bond acceptors (Lipinski definition) is 6. The first kappa shape index (κ1) is 21.6. The fourth-order valence-electron chi connectivity index (χ4n) is 3.61. The van der Waals surface area contributed by atoms with Gasteiger partial charge in [0.2, 0.25) is 11.8 Å². The van der Waals surface area contributed by atoms with E-state index in [1.807, 2.05) is 0 Å². The summed E-state index contributed by atoms with van der Waals surface area (Å²) in [6, 6.07) is 9.54. The van der Waals surface area contributed by atoms with Crippen molar-refractivity contribution in [2.75, 3.05) is 23.1 Å². The largest absolute Gasteiger partial charge is 0.341 e. The van der Waals surface area contributed by atoms with Crippen molar-refractivity contribution in [1.29, 1.82) is 0 Å². The lowest BCUT2D eigenvalue weighted by atomic mass is 9.99. The van der Waals surface area contributed by atoms with Crippen LogP contribution in [0.25, 0.3) is 0 Å². The molecule has 1 aromatic heterocycles. The monoisotopic (exact) mass is 460 g/mol. The molecular formula is C21H24N4O4S2. The summed E-state index contributed by atoms with van der Waals surface area (Å²) in [7, 11) is -3.88. The molecule has 2 aliphatic rings. The number of aryl methyl sites for hydroxylation is 1. The summed E-state index contributed by atoms with van der Waals surface area (Å²) < 4.78 is 28.0. The van der Waals surface area contributed by atoms with Crippen molar-refractivity contribution in [3.8, 4) is 0 Å². The third-order valence-corrected chi connectivity index (χ3v) is 8.06. The predicted octanol–water partition coefficient (Wildman–Crippen LogP) is 2.86. The Morgan fingerprint density at radius 3 is 2.68 bits per heavy atom. The molecule has 2 amide bonds. The zero-order valence-corrected chi connectivity index (χ0v) is 18.9. The second kappa shape index (κ2) is 8.51. The van der Waals surface area contributed by atoms with Crippen LogP contribution in [0.2, 0.25) is 0 Å². The first-order valence-electron chi connectivity index (χ1n) is 10.1. The van der Waals surface area contributed by atoms with Gasteiger partial charge in [-0.15, -0.1) is 11.8 Å². The number of piperidine rings is 1. The lowest BCUT2D eigenvalue weighted by Gasteiger charge is -2.33. The van der Waals surface area contributed by atoms with Crippen molar-refractivity contribution in [3.05, 3.63) is 42.1 Å². The predicted molar refractivity (Wildman–Crippen MR) is 119 cm³/mol. The zero-order chi connectivity index (χ0) is 22.2. The van der Waals surface area contributed by atoms with Gasteiger partial charge >= 0.3 is 0 Å². The van der Waals surface area contributed by atoms with E-state index in [1.165, 1.54) is 12.1 Å². The summed E-state index contributed by atoms with van der Waals surface area (Å²) in [5.41, 5.74) is 1.07. The fourth-order valence-corrected chi connectivity index (χ4v) is 5.69. The lowest BCUT2D eigenvalue weighted by Crippen LogP contribution is -2.47. The Morgan fingerprint density at radius 2 is 1.97 bits per heavy atom. The fraction of sp³-hybridized carbons (Fsp3) is 0.381. The normalized spacial score (nSPS) is 19.5. The van der Waals surface area contributed by atoms with Gasteiger partial charge in [-0.2, -0.15) is 0 Å². The van der Waals surface area contributed by atoms with Gasteiger partial charge in [0.1, 0.15) is 5.82 Å². The number of amides is 2. The lowest BCUT2D eigenvalue weighted by molar-refractivity contribution is -0.135. The molecule has 31 heavy (non-hydrogen) atoms. The molecule has 0 saturated carbocycles. The van der Waals surface area contributed by atoms with Crippen LogP contribution in [0.3, 0.4) is 0 Å². The van der Waals surface area contributed by atoms with Gasteiger partial charge in [-0.25, -0.2) is 13.4 Å². The molecule has 2 aliphatic heterocycles. The summed E-state index contributed by atoms with van der Waals surface area (Å²) in [6.07, 6.45) is 1.87. The molecule has 4 rings (SSSR count). The highest BCUT2D eigenvalue weighted by atomic mass is 32.2. The number of rotatable bonds is 4. The van der Waals surface area contributed by atoms with Crippen LogP contribution in [0.5, 0.6) is 0 Å². The van der Waals surface area contributed by atoms with Crippen molar-refractivity contribution in [2.24, 2.45) is 5.92 Å². The number of nitrogens with one attached hydrogen (secondary N) is 2. The Kier molecular flexibility index (Phi) is 5.94. The maximum absolute atomic E-state index is 12.9. The van der Waals surface area contributed by atoms with Gasteiger partial charge in [-0.1, -0.05) is 13.0 Å². The molecular weight excluding hydrogens is 436 g/mol. The highest BCUT2D eigenvalue weighted by molar-refractivity contribution is 8.01. The molecule has 1 atom stereocenters. The number of hydrogen-bond donors (Lipinski definition) is 2. The van der Waals surface area contributed by atoms with E-state index in [2.05, 4.69) is 21.9 Å². The number of carbonyl (C=O) groups excluding carboxylic acids is 2. The third-order valence-electron chi connectivity index (χ3n) is 5.45. The van der Waals surface area contributed by atoms with E-state index in [4.69, 9.17) is 0 Å². The molecule has 1 saturated heterocycles. The van der Waals surface area contributed by atoms with E-state index in [-0.39, 0.29) is 16.6 Å². The molecule has 2 N–H and O–H groups in total. The first-order valence-corrected chi connectivity index (χ1v) is 12.5. The van der Waals surface area contributed by atoms with Gasteiger partial charge in [0, 0.05) is 23.7 Å². The molecule has 3 heterocycles. The van der Waals surface area contributed by atoms with Crippen molar-refractivity contribution >= 4 is 45.1 Å². The number of carbonyl (C=O) groups is 2. The number of aromatic nitrogens is 1. The summed E-state index contributed by atoms with van der Waals surface area (Å²) in [6.45, 7) is 5.25. The molecule has 10 heteroatoms. The number of thioether (sulfide) groups is 1. The van der Waals surface area contributed by atoms with Crippen LogP contribution in [0.4, 0.5) is 11.5 Å². The molecule has 0 spiro atoms. The summed E-state index contributed by atoms with van der Waals surface area (Å²) in [5, 5.41) is 1.85. The molecule has 2 aromatic rings. The Balaban J connectivity index is 1.52. The molecule has 164 valence electrons. The van der Waals surface area contributed by atoms with Crippen molar-refractivity contribution in [3.63, 3.8) is 0 Å². The zero-order valence-electron chi connectivity index (χ0n) is 17.3. The van der Waals surface area contributed by atoms with Crippen LogP contribution < -0.4 is 10.0 Å². The average molecular weight is 461 g/mol. The number of pyridine rings is 1. The quantitative estimate of drug-likeness (QED) is 0.679. The number of nitrogens with zero attached hydrogens (tertiary/aromatic N) is 2. The molecule has 0 bridgehead atoms. The van der Waals surface area contributed by atoms with E-state index in [0.29, 0.717) is 35.3 Å². The van der Waals surface area contributed by atoms with Gasteiger partial charge in [0.05, 0.1) is 10.6 Å². The third kappa shape index (κ3) is 4.69. The number of fused-ring (bicyclic) bond motifs is 1. The van der Waals surface area contributed by atoms with Crippen LogP contribution >= 0.6 is 11.8 Å². The van der Waals surface area contributed by atoms with Gasteiger partial charge in [0.15, 0.2) is 5.25 Å². The van der Waals surface area contributed by atoms with Crippen LogP contribution in [0, 0.1) is 12.8 Å². The second-order valence-corrected chi connectivity index (χ2v) is 10.8. The van der Waals surface area contributed by atoms with E-state index >= 15 is 0 Å². The number of anilines is 2. The first-order chi connectivity index (χ1) is 14.7. The van der Waals surface area contributed by atoms with Crippen LogP contribution in [-0.4, -0.2) is 48.5 Å². The van der Waals surface area contributed by atoms with E-state index in [9.17, 15) is 18.0 Å². The van der Waals surface area contributed by atoms with E-state index in [1.54, 1.807) is 36.1 Å². The van der Waals surface area contributed by atoms with Crippen molar-refractivity contribution in [2.45, 2.75) is 41.7 Å². The standard InChI is InChI=1S/C21H24N4O4S2/c1-13-8-10-25(11-9-13)21(27)19-20(26)23-16-12-15(6-7-17(16)30-19)31(28,29)24-18-5-3-4-14(2)22-18/h3-7,12-13,19H,8-11H2,1-2H3,(H,22,24)(H,23,26). The van der Waals surface area contributed by atoms with Crippen molar-refractivity contribution < 1.29 is 18.0 Å². The van der Waals surface area contributed by atoms with Crippen LogP contribution in [0.15, 0.2) is 46.2 Å². The van der Waals surface area contributed by atoms with E-state index in [0.717, 1.165) is 24.6 Å². The Hall–Kier alpha value is -2.59. The van der Waals surface area contributed by atoms with Gasteiger partial charge < -0.3 is 10.2 Å². The second-order valence-electron chi connectivity index (χ2n) is 7.92. The highest BCUT2D eigenvalue weighted by Crippen LogP contribution is 2.38.